The Kier molecular flexibility index (Phi) is 6.54. The molecule has 28 heavy (non-hydrogen) atoms. The van der Waals surface area contributed by atoms with Crippen LogP contribution in [0.4, 0.5) is 13.2 Å². The maximum atomic E-state index is 12.6. The summed E-state index contributed by atoms with van der Waals surface area (Å²) < 4.78 is 43.4. The van der Waals surface area contributed by atoms with Crippen molar-refractivity contribution in [2.24, 2.45) is 0 Å². The van der Waals surface area contributed by atoms with E-state index in [1.807, 2.05) is 23.1 Å². The number of ether oxygens (including phenoxy) is 1. The fraction of sp³-hybridized carbons (Fsp3) is 0.429. The summed E-state index contributed by atoms with van der Waals surface area (Å²) in [6.45, 7) is 1.19. The number of amides is 1. The van der Waals surface area contributed by atoms with Gasteiger partial charge < -0.3 is 9.64 Å². The van der Waals surface area contributed by atoms with Gasteiger partial charge in [-0.2, -0.15) is 13.2 Å². The minimum atomic E-state index is -4.41. The number of pyridine rings is 1. The van der Waals surface area contributed by atoms with Crippen molar-refractivity contribution in [1.82, 2.24) is 9.88 Å². The molecule has 0 aliphatic carbocycles. The molecule has 0 atom stereocenters. The molecule has 1 amide bonds. The molecule has 150 valence electrons. The lowest BCUT2D eigenvalue weighted by molar-refractivity contribution is -0.137. The first-order chi connectivity index (χ1) is 13.4. The number of aromatic nitrogens is 1. The second-order valence-electron chi connectivity index (χ2n) is 6.92. The van der Waals surface area contributed by atoms with Crippen molar-refractivity contribution in [2.45, 2.75) is 44.4 Å². The summed E-state index contributed by atoms with van der Waals surface area (Å²) in [6, 6.07) is 12.3. The number of nitrogens with zero attached hydrogens (tertiary/aromatic N) is 2. The molecule has 7 heteroatoms. The summed E-state index contributed by atoms with van der Waals surface area (Å²) in [5, 5.41) is 0. The standard InChI is InChI=1S/C21H23F3N2O2/c22-21(23,24)17-9-10-19(25-15-17)28-18-11-13-26(14-12-18)20(27)8-4-7-16-5-2-1-3-6-16/h1-3,5-6,9-10,15,18H,4,7-8,11-14H2. The molecule has 2 aromatic rings. The molecular formula is C21H23F3N2O2. The molecule has 0 unspecified atom stereocenters. The van der Waals surface area contributed by atoms with Gasteiger partial charge in [-0.15, -0.1) is 0 Å². The van der Waals surface area contributed by atoms with Crippen LogP contribution in [0.5, 0.6) is 5.88 Å². The SMILES string of the molecule is O=C(CCCc1ccccc1)N1CCC(Oc2ccc(C(F)(F)F)cn2)CC1. The minimum absolute atomic E-state index is 0.141. The molecule has 3 rings (SSSR count). The molecule has 0 spiro atoms. The molecule has 0 radical (unpaired) electrons. The Morgan fingerprint density at radius 1 is 1.11 bits per heavy atom. The third-order valence-corrected chi connectivity index (χ3v) is 4.84. The van der Waals surface area contributed by atoms with E-state index >= 15 is 0 Å². The van der Waals surface area contributed by atoms with Crippen LogP contribution >= 0.6 is 0 Å². The van der Waals surface area contributed by atoms with Crippen LogP contribution < -0.4 is 4.74 Å². The van der Waals surface area contributed by atoms with Crippen molar-refractivity contribution in [2.75, 3.05) is 13.1 Å². The Labute approximate surface area is 162 Å². The van der Waals surface area contributed by atoms with Crippen LogP contribution in [0.1, 0.15) is 36.8 Å². The highest BCUT2D eigenvalue weighted by molar-refractivity contribution is 5.76. The van der Waals surface area contributed by atoms with Crippen molar-refractivity contribution in [3.05, 3.63) is 59.8 Å². The minimum Gasteiger partial charge on any atom is -0.474 e. The largest absolute Gasteiger partial charge is 0.474 e. The summed E-state index contributed by atoms with van der Waals surface area (Å²) in [6.07, 6.45) is -0.266. The van der Waals surface area contributed by atoms with E-state index < -0.39 is 11.7 Å². The van der Waals surface area contributed by atoms with E-state index in [4.69, 9.17) is 4.74 Å². The van der Waals surface area contributed by atoms with Gasteiger partial charge in [-0.25, -0.2) is 4.98 Å². The summed E-state index contributed by atoms with van der Waals surface area (Å²) in [7, 11) is 0. The highest BCUT2D eigenvalue weighted by atomic mass is 19.4. The second kappa shape index (κ2) is 9.08. The summed E-state index contributed by atoms with van der Waals surface area (Å²) in [5.74, 6) is 0.322. The highest BCUT2D eigenvalue weighted by Gasteiger charge is 2.31. The van der Waals surface area contributed by atoms with E-state index in [0.29, 0.717) is 32.4 Å². The molecule has 0 N–H and O–H groups in total. The maximum Gasteiger partial charge on any atom is 0.417 e. The zero-order valence-electron chi connectivity index (χ0n) is 15.5. The molecule has 4 nitrogen and oxygen atoms in total. The lowest BCUT2D eigenvalue weighted by Crippen LogP contribution is -2.41. The lowest BCUT2D eigenvalue weighted by Gasteiger charge is -2.32. The van der Waals surface area contributed by atoms with Crippen LogP contribution in [0.15, 0.2) is 48.7 Å². The zero-order chi connectivity index (χ0) is 20.0. The fourth-order valence-electron chi connectivity index (χ4n) is 3.26. The van der Waals surface area contributed by atoms with E-state index in [1.54, 1.807) is 0 Å². The van der Waals surface area contributed by atoms with E-state index in [1.165, 1.54) is 11.6 Å². The number of alkyl halides is 3. The van der Waals surface area contributed by atoms with Crippen LogP contribution in [0, 0.1) is 0 Å². The third kappa shape index (κ3) is 5.71. The van der Waals surface area contributed by atoms with E-state index in [2.05, 4.69) is 17.1 Å². The van der Waals surface area contributed by atoms with Gasteiger partial charge in [0.25, 0.3) is 0 Å². The smallest absolute Gasteiger partial charge is 0.417 e. The van der Waals surface area contributed by atoms with Crippen molar-refractivity contribution < 1.29 is 22.7 Å². The van der Waals surface area contributed by atoms with Gasteiger partial charge in [-0.3, -0.25) is 4.79 Å². The maximum absolute atomic E-state index is 12.6. The first kappa shape index (κ1) is 20.2. The quantitative estimate of drug-likeness (QED) is 0.727. The van der Waals surface area contributed by atoms with Gasteiger partial charge in [0.05, 0.1) is 5.56 Å². The molecule has 1 aromatic carbocycles. The number of carbonyl (C=O) groups excluding carboxylic acids is 1. The Bertz CT molecular complexity index is 755. The molecule has 1 aromatic heterocycles. The molecule has 2 heterocycles. The fourth-order valence-corrected chi connectivity index (χ4v) is 3.26. The number of aryl methyl sites for hydroxylation is 1. The van der Waals surface area contributed by atoms with E-state index in [-0.39, 0.29) is 17.9 Å². The third-order valence-electron chi connectivity index (χ3n) is 4.84. The average Bonchev–Trinajstić information content (AvgIpc) is 2.69. The Balaban J connectivity index is 1.39. The number of carbonyl (C=O) groups is 1. The predicted octanol–water partition coefficient (Wildman–Crippen LogP) is 4.49. The molecule has 0 saturated carbocycles. The monoisotopic (exact) mass is 392 g/mol. The first-order valence-electron chi connectivity index (χ1n) is 9.43. The summed E-state index contributed by atoms with van der Waals surface area (Å²) >= 11 is 0. The highest BCUT2D eigenvalue weighted by Crippen LogP contribution is 2.29. The number of piperidine rings is 1. The van der Waals surface area contributed by atoms with Crippen LogP contribution in [0.25, 0.3) is 0 Å². The molecule has 1 aliphatic rings. The second-order valence-corrected chi connectivity index (χ2v) is 6.92. The number of hydrogen-bond acceptors (Lipinski definition) is 3. The van der Waals surface area contributed by atoms with Gasteiger partial charge in [-0.1, -0.05) is 30.3 Å². The molecule has 0 bridgehead atoms. The molecule has 1 aliphatic heterocycles. The van der Waals surface area contributed by atoms with Crippen LogP contribution in [0.2, 0.25) is 0 Å². The number of benzene rings is 1. The summed E-state index contributed by atoms with van der Waals surface area (Å²) in [5.41, 5.74) is 0.433. The van der Waals surface area contributed by atoms with Gasteiger partial charge in [0.1, 0.15) is 6.10 Å². The number of halogens is 3. The van der Waals surface area contributed by atoms with E-state index in [9.17, 15) is 18.0 Å². The Morgan fingerprint density at radius 3 is 2.43 bits per heavy atom. The average molecular weight is 392 g/mol. The lowest BCUT2D eigenvalue weighted by atomic mass is 10.1. The van der Waals surface area contributed by atoms with Gasteiger partial charge in [0, 0.05) is 44.6 Å². The number of likely N-dealkylation sites (tertiary alicyclic amines) is 1. The van der Waals surface area contributed by atoms with Crippen LogP contribution in [0.3, 0.4) is 0 Å². The van der Waals surface area contributed by atoms with Gasteiger partial charge in [0.2, 0.25) is 11.8 Å². The van der Waals surface area contributed by atoms with Crippen LogP contribution in [-0.4, -0.2) is 35.0 Å². The van der Waals surface area contributed by atoms with Gasteiger partial charge >= 0.3 is 6.18 Å². The van der Waals surface area contributed by atoms with Crippen LogP contribution in [-0.2, 0) is 17.4 Å². The van der Waals surface area contributed by atoms with Crippen molar-refractivity contribution in [1.29, 1.82) is 0 Å². The molecule has 1 fully saturated rings. The zero-order valence-corrected chi connectivity index (χ0v) is 15.5. The first-order valence-corrected chi connectivity index (χ1v) is 9.43. The van der Waals surface area contributed by atoms with E-state index in [0.717, 1.165) is 25.1 Å². The van der Waals surface area contributed by atoms with Crippen molar-refractivity contribution >= 4 is 5.91 Å². The normalized spacial score (nSPS) is 15.5. The Hall–Kier alpha value is -2.57. The molecular weight excluding hydrogens is 369 g/mol. The Morgan fingerprint density at radius 2 is 1.82 bits per heavy atom. The topological polar surface area (TPSA) is 42.4 Å². The predicted molar refractivity (Wildman–Crippen MR) is 98.8 cm³/mol. The van der Waals surface area contributed by atoms with Crippen molar-refractivity contribution in [3.8, 4) is 5.88 Å². The summed E-state index contributed by atoms with van der Waals surface area (Å²) in [4.78, 5) is 17.9. The van der Waals surface area contributed by atoms with Gasteiger partial charge in [0.15, 0.2) is 0 Å². The molecule has 1 saturated heterocycles. The van der Waals surface area contributed by atoms with Crippen molar-refractivity contribution in [3.63, 3.8) is 0 Å². The van der Waals surface area contributed by atoms with Gasteiger partial charge in [-0.05, 0) is 24.5 Å². The number of rotatable bonds is 6. The number of hydrogen-bond donors (Lipinski definition) is 0.